The number of hydrogen-bond donors (Lipinski definition) is 1. The zero-order chi connectivity index (χ0) is 20.9. The monoisotopic (exact) mass is 400 g/mol. The van der Waals surface area contributed by atoms with Gasteiger partial charge in [0.15, 0.2) is 11.5 Å². The summed E-state index contributed by atoms with van der Waals surface area (Å²) in [7, 11) is 1.61. The van der Waals surface area contributed by atoms with Gasteiger partial charge in [0.1, 0.15) is 12.8 Å². The maximum atomic E-state index is 13.4. The number of amides is 1. The number of ether oxygens (including phenoxy) is 2. The van der Waals surface area contributed by atoms with Gasteiger partial charge in [-0.2, -0.15) is 0 Å². The summed E-state index contributed by atoms with van der Waals surface area (Å²) in [5.41, 5.74) is 3.47. The Hall–Kier alpha value is -3.73. The molecular formula is C25H24N2O3. The average Bonchev–Trinajstić information content (AvgIpc) is 2.80. The molecule has 1 heterocycles. The topological polar surface area (TPSA) is 50.8 Å². The minimum absolute atomic E-state index is 0.0100. The van der Waals surface area contributed by atoms with Crippen molar-refractivity contribution in [1.29, 1.82) is 0 Å². The van der Waals surface area contributed by atoms with E-state index in [2.05, 4.69) is 11.9 Å². The Bertz CT molecular complexity index is 1050. The van der Waals surface area contributed by atoms with Crippen molar-refractivity contribution in [3.63, 3.8) is 0 Å². The van der Waals surface area contributed by atoms with Crippen LogP contribution in [0.25, 0.3) is 0 Å². The number of carbonyl (C=O) groups is 1. The minimum Gasteiger partial charge on any atom is -0.493 e. The Balaban J connectivity index is 1.73. The number of methoxy groups -OCH3 is 1. The molecule has 0 spiro atoms. The summed E-state index contributed by atoms with van der Waals surface area (Å²) >= 11 is 0. The second kappa shape index (κ2) is 8.74. The molecule has 0 saturated carbocycles. The van der Waals surface area contributed by atoms with Crippen molar-refractivity contribution in [2.45, 2.75) is 12.7 Å². The lowest BCUT2D eigenvalue weighted by molar-refractivity contribution is 0.0666. The Morgan fingerprint density at radius 1 is 1.03 bits per heavy atom. The van der Waals surface area contributed by atoms with Crippen molar-refractivity contribution in [2.24, 2.45) is 0 Å². The molecule has 1 N–H and O–H groups in total. The van der Waals surface area contributed by atoms with E-state index in [1.54, 1.807) is 13.2 Å². The maximum Gasteiger partial charge on any atom is 0.258 e. The maximum absolute atomic E-state index is 13.4. The van der Waals surface area contributed by atoms with E-state index < -0.39 is 0 Å². The first kappa shape index (κ1) is 19.6. The van der Waals surface area contributed by atoms with Gasteiger partial charge in [0.05, 0.1) is 12.7 Å². The van der Waals surface area contributed by atoms with Crippen molar-refractivity contribution >= 4 is 11.6 Å². The molecule has 3 aromatic carbocycles. The van der Waals surface area contributed by atoms with Crippen LogP contribution in [0, 0.1) is 0 Å². The smallest absolute Gasteiger partial charge is 0.258 e. The first-order valence-corrected chi connectivity index (χ1v) is 9.83. The van der Waals surface area contributed by atoms with Gasteiger partial charge in [0.25, 0.3) is 5.91 Å². The highest BCUT2D eigenvalue weighted by Crippen LogP contribution is 2.37. The fourth-order valence-electron chi connectivity index (χ4n) is 3.62. The second-order valence-corrected chi connectivity index (χ2v) is 7.02. The zero-order valence-electron chi connectivity index (χ0n) is 16.9. The number of fused-ring (bicyclic) bond motifs is 1. The molecule has 0 bridgehead atoms. The lowest BCUT2D eigenvalue weighted by atomic mass is 10.0. The SMILES string of the molecule is C=CCOc1ccc([C@@H]2Nc3ccccc3C(=O)N2Cc2ccccc2)cc1OC. The molecule has 0 fully saturated rings. The van der Waals surface area contributed by atoms with Crippen LogP contribution in [0.3, 0.4) is 0 Å². The Labute approximate surface area is 176 Å². The lowest BCUT2D eigenvalue weighted by Crippen LogP contribution is -2.42. The van der Waals surface area contributed by atoms with Crippen LogP contribution in [0.15, 0.2) is 85.5 Å². The molecule has 1 amide bonds. The van der Waals surface area contributed by atoms with Crippen molar-refractivity contribution < 1.29 is 14.3 Å². The third-order valence-corrected chi connectivity index (χ3v) is 5.08. The molecular weight excluding hydrogens is 376 g/mol. The molecule has 1 aliphatic rings. The Morgan fingerprint density at radius 2 is 1.80 bits per heavy atom. The van der Waals surface area contributed by atoms with Gasteiger partial charge in [-0.1, -0.05) is 61.2 Å². The first-order chi connectivity index (χ1) is 14.7. The number of carbonyl (C=O) groups excluding carboxylic acids is 1. The number of rotatable bonds is 7. The van der Waals surface area contributed by atoms with Gasteiger partial charge in [-0.15, -0.1) is 0 Å². The third kappa shape index (κ3) is 3.87. The number of nitrogens with zero attached hydrogens (tertiary/aromatic N) is 1. The summed E-state index contributed by atoms with van der Waals surface area (Å²) < 4.78 is 11.2. The van der Waals surface area contributed by atoms with Gasteiger partial charge in [-0.25, -0.2) is 0 Å². The fourth-order valence-corrected chi connectivity index (χ4v) is 3.62. The van der Waals surface area contributed by atoms with Crippen LogP contribution in [0.1, 0.15) is 27.7 Å². The van der Waals surface area contributed by atoms with Gasteiger partial charge in [0.2, 0.25) is 0 Å². The number of nitrogens with one attached hydrogen (secondary N) is 1. The van der Waals surface area contributed by atoms with E-state index in [0.717, 1.165) is 16.8 Å². The van der Waals surface area contributed by atoms with E-state index in [1.165, 1.54) is 0 Å². The van der Waals surface area contributed by atoms with Crippen molar-refractivity contribution in [2.75, 3.05) is 19.0 Å². The van der Waals surface area contributed by atoms with Gasteiger partial charge >= 0.3 is 0 Å². The number of para-hydroxylation sites is 1. The van der Waals surface area contributed by atoms with Crippen molar-refractivity contribution in [3.8, 4) is 11.5 Å². The van der Waals surface area contributed by atoms with Gasteiger partial charge < -0.3 is 19.7 Å². The molecule has 0 radical (unpaired) electrons. The van der Waals surface area contributed by atoms with Crippen LogP contribution in [0.2, 0.25) is 0 Å². The summed E-state index contributed by atoms with van der Waals surface area (Å²) in [4.78, 5) is 15.2. The van der Waals surface area contributed by atoms with Crippen LogP contribution in [-0.2, 0) is 6.54 Å². The summed E-state index contributed by atoms with van der Waals surface area (Å²) in [6.07, 6.45) is 1.35. The minimum atomic E-state index is -0.338. The second-order valence-electron chi connectivity index (χ2n) is 7.02. The van der Waals surface area contributed by atoms with Crippen LogP contribution in [0.4, 0.5) is 5.69 Å². The van der Waals surface area contributed by atoms with E-state index in [1.807, 2.05) is 77.7 Å². The Kier molecular flexibility index (Phi) is 5.70. The van der Waals surface area contributed by atoms with Gasteiger partial charge in [-0.3, -0.25) is 4.79 Å². The molecule has 30 heavy (non-hydrogen) atoms. The van der Waals surface area contributed by atoms with E-state index in [4.69, 9.17) is 9.47 Å². The largest absolute Gasteiger partial charge is 0.493 e. The summed E-state index contributed by atoms with van der Waals surface area (Å²) in [6, 6.07) is 23.3. The molecule has 0 saturated heterocycles. The quantitative estimate of drug-likeness (QED) is 0.566. The molecule has 1 atom stereocenters. The molecule has 1 aliphatic heterocycles. The summed E-state index contributed by atoms with van der Waals surface area (Å²) in [5, 5.41) is 3.52. The standard InChI is InChI=1S/C25H24N2O3/c1-3-15-30-22-14-13-19(16-23(22)29-2)24-26-21-12-8-7-11-20(21)25(28)27(24)17-18-9-5-4-6-10-18/h3-14,16,24,26H,1,15,17H2,2H3/t24-/m1/s1. The van der Waals surface area contributed by atoms with Crippen LogP contribution >= 0.6 is 0 Å². The molecule has 152 valence electrons. The number of hydrogen-bond acceptors (Lipinski definition) is 4. The number of anilines is 1. The molecule has 4 rings (SSSR count). The van der Waals surface area contributed by atoms with Gasteiger partial charge in [0, 0.05) is 12.2 Å². The predicted octanol–water partition coefficient (Wildman–Crippen LogP) is 5.03. The molecule has 0 aliphatic carbocycles. The van der Waals surface area contributed by atoms with Crippen LogP contribution < -0.4 is 14.8 Å². The highest BCUT2D eigenvalue weighted by molar-refractivity contribution is 6.01. The van der Waals surface area contributed by atoms with Crippen molar-refractivity contribution in [3.05, 3.63) is 102 Å². The fraction of sp³-hybridized carbons (Fsp3) is 0.160. The first-order valence-electron chi connectivity index (χ1n) is 9.83. The normalized spacial score (nSPS) is 15.2. The van der Waals surface area contributed by atoms with Crippen LogP contribution in [-0.4, -0.2) is 24.5 Å². The summed E-state index contributed by atoms with van der Waals surface area (Å²) in [5.74, 6) is 1.24. The molecule has 0 aromatic heterocycles. The molecule has 3 aromatic rings. The van der Waals surface area contributed by atoms with E-state index >= 15 is 0 Å². The Morgan fingerprint density at radius 3 is 2.57 bits per heavy atom. The average molecular weight is 400 g/mol. The molecule has 5 nitrogen and oxygen atoms in total. The lowest BCUT2D eigenvalue weighted by Gasteiger charge is -2.38. The van der Waals surface area contributed by atoms with Crippen molar-refractivity contribution in [1.82, 2.24) is 4.90 Å². The predicted molar refractivity (Wildman–Crippen MR) is 118 cm³/mol. The molecule has 5 heteroatoms. The molecule has 0 unspecified atom stereocenters. The summed E-state index contributed by atoms with van der Waals surface area (Å²) in [6.45, 7) is 4.56. The van der Waals surface area contributed by atoms with Crippen LogP contribution in [0.5, 0.6) is 11.5 Å². The zero-order valence-corrected chi connectivity index (χ0v) is 16.9. The number of benzene rings is 3. The van der Waals surface area contributed by atoms with E-state index in [9.17, 15) is 4.79 Å². The highest BCUT2D eigenvalue weighted by atomic mass is 16.5. The third-order valence-electron chi connectivity index (χ3n) is 5.08. The highest BCUT2D eigenvalue weighted by Gasteiger charge is 2.33. The van der Waals surface area contributed by atoms with E-state index in [-0.39, 0.29) is 12.1 Å². The van der Waals surface area contributed by atoms with Gasteiger partial charge in [-0.05, 0) is 35.4 Å². The van der Waals surface area contributed by atoms with E-state index in [0.29, 0.717) is 30.2 Å².